The Morgan fingerprint density at radius 2 is 0.870 bits per heavy atom. The van der Waals surface area contributed by atoms with Crippen LogP contribution in [0, 0.1) is 5.92 Å². The molecule has 54 heavy (non-hydrogen) atoms. The highest BCUT2D eigenvalue weighted by atomic mass is 32.2. The van der Waals surface area contributed by atoms with E-state index >= 15 is 0 Å². The molecule has 14 nitrogen and oxygen atoms in total. The van der Waals surface area contributed by atoms with E-state index in [0.717, 1.165) is 57.8 Å². The second-order valence-corrected chi connectivity index (χ2v) is 17.7. The summed E-state index contributed by atoms with van der Waals surface area (Å²) in [5.41, 5.74) is 0. The number of carbonyl (C=O) groups is 4. The molecule has 0 aliphatic carbocycles. The first-order chi connectivity index (χ1) is 25.3. The van der Waals surface area contributed by atoms with Crippen LogP contribution in [0.2, 0.25) is 0 Å². The minimum atomic E-state index is -5.10. The number of carboxylic acids is 4. The molecule has 0 heterocycles. The maximum atomic E-state index is 12.1. The van der Waals surface area contributed by atoms with Gasteiger partial charge >= 0.3 is 23.9 Å². The molecule has 0 aliphatic rings. The summed E-state index contributed by atoms with van der Waals surface area (Å²) >= 11 is 0. The van der Waals surface area contributed by atoms with Gasteiger partial charge in [-0.3, -0.25) is 28.3 Å². The van der Waals surface area contributed by atoms with Gasteiger partial charge < -0.3 is 20.4 Å². The van der Waals surface area contributed by atoms with Gasteiger partial charge in [0.1, 0.15) is 0 Å². The van der Waals surface area contributed by atoms with Crippen LogP contribution in [0.5, 0.6) is 0 Å². The third-order valence-electron chi connectivity index (χ3n) is 9.88. The fourth-order valence-corrected chi connectivity index (χ4v) is 8.69. The average Bonchev–Trinajstić information content (AvgIpc) is 3.06. The highest BCUT2D eigenvalue weighted by Gasteiger charge is 2.57. The van der Waals surface area contributed by atoms with Crippen molar-refractivity contribution < 1.29 is 65.5 Å². The van der Waals surface area contributed by atoms with Gasteiger partial charge in [-0.15, -0.1) is 0 Å². The second-order valence-electron chi connectivity index (χ2n) is 14.3. The van der Waals surface area contributed by atoms with Crippen molar-refractivity contribution in [3.05, 3.63) is 12.2 Å². The normalized spacial score (nSPS) is 14.8. The molecule has 0 saturated carbocycles. The van der Waals surface area contributed by atoms with Crippen LogP contribution >= 0.6 is 0 Å². The lowest BCUT2D eigenvalue weighted by Crippen LogP contribution is -2.53. The number of hydrogen-bond donors (Lipinski definition) is 6. The number of rotatable bonds is 34. The number of carboxylic acid groups (broad SMARTS) is 4. The average molecular weight is 815 g/mol. The largest absolute Gasteiger partial charge is 0.481 e. The van der Waals surface area contributed by atoms with Crippen LogP contribution in [0.3, 0.4) is 0 Å². The van der Waals surface area contributed by atoms with Gasteiger partial charge in [-0.05, 0) is 44.4 Å². The molecule has 0 fully saturated rings. The van der Waals surface area contributed by atoms with Crippen molar-refractivity contribution in [2.24, 2.45) is 5.92 Å². The molecule has 3 atom stereocenters. The van der Waals surface area contributed by atoms with Crippen molar-refractivity contribution in [1.29, 1.82) is 0 Å². The lowest BCUT2D eigenvalue weighted by atomic mass is 9.80. The predicted molar refractivity (Wildman–Crippen MR) is 209 cm³/mol. The Kier molecular flexibility index (Phi) is 29.4. The summed E-state index contributed by atoms with van der Waals surface area (Å²) in [5.74, 6) is -7.69. The number of aliphatic carboxylic acids is 4. The van der Waals surface area contributed by atoms with Gasteiger partial charge in [0.25, 0.3) is 20.2 Å². The summed E-state index contributed by atoms with van der Waals surface area (Å²) in [4.78, 5) is 45.3. The van der Waals surface area contributed by atoms with Crippen molar-refractivity contribution in [2.45, 2.75) is 197 Å². The quantitative estimate of drug-likeness (QED) is 0.0201. The number of hydrogen-bond acceptors (Lipinski definition) is 8. The van der Waals surface area contributed by atoms with Gasteiger partial charge in [-0.2, -0.15) is 16.8 Å². The van der Waals surface area contributed by atoms with Crippen LogP contribution in [-0.2, 0) is 39.4 Å². The van der Waals surface area contributed by atoms with E-state index in [0.29, 0.717) is 12.8 Å². The molecule has 6 N–H and O–H groups in total. The standard InChI is InChI=1S/C22H42O7S.C16H28O7S/c1-3-5-7-8-9-10-11-12-13-15-17-19(16-14-6-4-2)22(21(25)26,18-20(23)24)30(27,28)29;1-2-3-4-5-6-7-8-9-10-11-12-16(15(19)20,13-14(17)18)24(21,22)23/h19H,3-18H2,1-2H3,(H,23,24)(H,25,26)(H,27,28,29);9-10H,2-8,11-13H2,1H3,(H,17,18)(H,19,20)(H,21,22,23). The zero-order valence-electron chi connectivity index (χ0n) is 32.9. The molecular weight excluding hydrogens is 745 g/mol. The van der Waals surface area contributed by atoms with Crippen LogP contribution in [0.15, 0.2) is 12.2 Å². The minimum Gasteiger partial charge on any atom is -0.481 e. The lowest BCUT2D eigenvalue weighted by Gasteiger charge is -2.33. The molecule has 0 aromatic heterocycles. The first kappa shape index (κ1) is 53.5. The molecule has 318 valence electrons. The zero-order valence-corrected chi connectivity index (χ0v) is 34.5. The maximum Gasteiger partial charge on any atom is 0.328 e. The summed E-state index contributed by atoms with van der Waals surface area (Å²) in [5, 5.41) is 36.8. The zero-order chi connectivity index (χ0) is 41.7. The molecular formula is C38H70O14S2. The third-order valence-corrected chi connectivity index (χ3v) is 13.0. The lowest BCUT2D eigenvalue weighted by molar-refractivity contribution is -0.148. The highest BCUT2D eigenvalue weighted by Crippen LogP contribution is 2.38. The van der Waals surface area contributed by atoms with E-state index in [1.807, 2.05) is 13.0 Å². The number of unbranched alkanes of at least 4 members (excludes halogenated alkanes) is 17. The van der Waals surface area contributed by atoms with E-state index in [1.165, 1.54) is 57.8 Å². The number of allylic oxidation sites excluding steroid dienone is 2. The minimum absolute atomic E-state index is 0.0647. The molecule has 0 aromatic carbocycles. The summed E-state index contributed by atoms with van der Waals surface area (Å²) in [6.07, 6.45) is 22.2. The Morgan fingerprint density at radius 1 is 0.500 bits per heavy atom. The maximum absolute atomic E-state index is 12.1. The Morgan fingerprint density at radius 3 is 1.24 bits per heavy atom. The van der Waals surface area contributed by atoms with Crippen molar-refractivity contribution in [3.63, 3.8) is 0 Å². The van der Waals surface area contributed by atoms with Crippen molar-refractivity contribution in [2.75, 3.05) is 0 Å². The molecule has 0 radical (unpaired) electrons. The fourth-order valence-electron chi connectivity index (χ4n) is 6.60. The summed E-state index contributed by atoms with van der Waals surface area (Å²) in [6, 6.07) is 0. The summed E-state index contributed by atoms with van der Waals surface area (Å²) in [7, 11) is -10.1. The third kappa shape index (κ3) is 21.5. The van der Waals surface area contributed by atoms with Gasteiger partial charge in [0.15, 0.2) is 0 Å². The van der Waals surface area contributed by atoms with Gasteiger partial charge in [0.2, 0.25) is 9.49 Å². The van der Waals surface area contributed by atoms with E-state index in [9.17, 15) is 55.3 Å². The van der Waals surface area contributed by atoms with Crippen LogP contribution in [-0.4, -0.2) is 79.7 Å². The van der Waals surface area contributed by atoms with Crippen LogP contribution < -0.4 is 0 Å². The first-order valence-electron chi connectivity index (χ1n) is 19.8. The molecule has 3 unspecified atom stereocenters. The molecule has 0 bridgehead atoms. The molecule has 16 heteroatoms. The molecule has 0 rings (SSSR count). The molecule has 0 saturated heterocycles. The van der Waals surface area contributed by atoms with Crippen molar-refractivity contribution >= 4 is 44.1 Å². The van der Waals surface area contributed by atoms with E-state index in [-0.39, 0.29) is 19.3 Å². The fraction of sp³-hybridized carbons (Fsp3) is 0.842. The summed E-state index contributed by atoms with van der Waals surface area (Å²) < 4.78 is 60.6. The summed E-state index contributed by atoms with van der Waals surface area (Å²) in [6.45, 7) is 6.31. The molecule has 0 aliphatic heterocycles. The van der Waals surface area contributed by atoms with Crippen molar-refractivity contribution in [1.82, 2.24) is 0 Å². The van der Waals surface area contributed by atoms with E-state index in [1.54, 1.807) is 6.08 Å². The molecule has 0 spiro atoms. The van der Waals surface area contributed by atoms with Gasteiger partial charge in [0.05, 0.1) is 12.8 Å². The monoisotopic (exact) mass is 814 g/mol. The highest BCUT2D eigenvalue weighted by molar-refractivity contribution is 7.88. The first-order valence-corrected chi connectivity index (χ1v) is 22.7. The van der Waals surface area contributed by atoms with Gasteiger partial charge in [-0.25, -0.2) is 0 Å². The Balaban J connectivity index is 0. The van der Waals surface area contributed by atoms with Crippen molar-refractivity contribution in [3.8, 4) is 0 Å². The van der Waals surface area contributed by atoms with E-state index in [4.69, 9.17) is 10.2 Å². The Labute approximate surface area is 324 Å². The topological polar surface area (TPSA) is 258 Å². The smallest absolute Gasteiger partial charge is 0.328 e. The predicted octanol–water partition coefficient (Wildman–Crippen LogP) is 8.94. The molecule has 0 amide bonds. The SMILES string of the molecule is CCCCCCCCC=CCCC(CC(=O)O)(C(=O)O)S(=O)(=O)O.CCCCCCCCCCCCC(CCCCC)C(CC(=O)O)(C(=O)O)S(=O)(=O)O. The molecule has 0 aromatic rings. The van der Waals surface area contributed by atoms with Crippen LogP contribution in [0.4, 0.5) is 0 Å². The Bertz CT molecular complexity index is 1310. The van der Waals surface area contributed by atoms with E-state index < -0.39 is 78.8 Å². The van der Waals surface area contributed by atoms with E-state index in [2.05, 4.69) is 13.8 Å². The van der Waals surface area contributed by atoms with Gasteiger partial charge in [0, 0.05) is 0 Å². The second kappa shape index (κ2) is 29.7. The van der Waals surface area contributed by atoms with Gasteiger partial charge in [-0.1, -0.05) is 148 Å². The Hall–Kier alpha value is -2.56. The van der Waals surface area contributed by atoms with Crippen LogP contribution in [0.1, 0.15) is 188 Å². The van der Waals surface area contributed by atoms with Crippen LogP contribution in [0.25, 0.3) is 0 Å².